The molecule has 1 aromatic heterocycles. The standard InChI is InChI=1S/C16H28N4S/c1-13(15-6-8-21-12-15)9-18-16(17-2)19-10-14-5-4-7-20(3)11-14/h6,8,12-14H,4-5,7,9-11H2,1-3H3,(H2,17,18,19). The minimum atomic E-state index is 0.510. The lowest BCUT2D eigenvalue weighted by Crippen LogP contribution is -2.44. The van der Waals surface area contributed by atoms with Crippen molar-refractivity contribution in [3.63, 3.8) is 0 Å². The lowest BCUT2D eigenvalue weighted by molar-refractivity contribution is 0.210. The van der Waals surface area contributed by atoms with Gasteiger partial charge >= 0.3 is 0 Å². The highest BCUT2D eigenvalue weighted by atomic mass is 32.1. The van der Waals surface area contributed by atoms with Crippen LogP contribution in [0.5, 0.6) is 0 Å². The zero-order valence-electron chi connectivity index (χ0n) is 13.4. The topological polar surface area (TPSA) is 39.7 Å². The first kappa shape index (κ1) is 16.3. The second-order valence-electron chi connectivity index (χ2n) is 6.06. The second-order valence-corrected chi connectivity index (χ2v) is 6.84. The van der Waals surface area contributed by atoms with Crippen LogP contribution in [0.2, 0.25) is 0 Å². The molecule has 2 rings (SSSR count). The van der Waals surface area contributed by atoms with Gasteiger partial charge in [-0.3, -0.25) is 4.99 Å². The minimum Gasteiger partial charge on any atom is -0.356 e. The minimum absolute atomic E-state index is 0.510. The first-order chi connectivity index (χ1) is 10.2. The average Bonchev–Trinajstić information content (AvgIpc) is 3.01. The van der Waals surface area contributed by atoms with Crippen LogP contribution in [0.4, 0.5) is 0 Å². The van der Waals surface area contributed by atoms with Crippen molar-refractivity contribution in [1.82, 2.24) is 15.5 Å². The molecule has 0 aromatic carbocycles. The number of nitrogens with zero attached hydrogens (tertiary/aromatic N) is 2. The van der Waals surface area contributed by atoms with E-state index in [2.05, 4.69) is 51.3 Å². The summed E-state index contributed by atoms with van der Waals surface area (Å²) in [4.78, 5) is 6.75. The zero-order valence-corrected chi connectivity index (χ0v) is 14.2. The molecule has 2 N–H and O–H groups in total. The molecule has 0 spiro atoms. The van der Waals surface area contributed by atoms with Crippen LogP contribution in [-0.2, 0) is 0 Å². The van der Waals surface area contributed by atoms with Gasteiger partial charge in [0.15, 0.2) is 5.96 Å². The molecule has 4 nitrogen and oxygen atoms in total. The van der Waals surface area contributed by atoms with E-state index in [-0.39, 0.29) is 0 Å². The van der Waals surface area contributed by atoms with Crippen molar-refractivity contribution < 1.29 is 0 Å². The van der Waals surface area contributed by atoms with E-state index in [4.69, 9.17) is 0 Å². The third-order valence-corrected chi connectivity index (χ3v) is 4.89. The van der Waals surface area contributed by atoms with Crippen LogP contribution in [0.25, 0.3) is 0 Å². The van der Waals surface area contributed by atoms with Crippen LogP contribution in [0, 0.1) is 5.92 Å². The van der Waals surface area contributed by atoms with Gasteiger partial charge in [0.2, 0.25) is 0 Å². The predicted molar refractivity (Wildman–Crippen MR) is 92.3 cm³/mol. The molecule has 1 aliphatic rings. The average molecular weight is 308 g/mol. The third kappa shape index (κ3) is 5.32. The van der Waals surface area contributed by atoms with Gasteiger partial charge in [-0.15, -0.1) is 0 Å². The molecule has 1 fully saturated rings. The highest BCUT2D eigenvalue weighted by Crippen LogP contribution is 2.17. The number of likely N-dealkylation sites (tertiary alicyclic amines) is 1. The Morgan fingerprint density at radius 2 is 2.38 bits per heavy atom. The Labute approximate surface area is 132 Å². The molecule has 118 valence electrons. The molecule has 2 unspecified atom stereocenters. The SMILES string of the molecule is CN=C(NCC1CCCN(C)C1)NCC(C)c1ccsc1. The molecule has 0 bridgehead atoms. The fourth-order valence-electron chi connectivity index (χ4n) is 2.82. The maximum atomic E-state index is 4.33. The Morgan fingerprint density at radius 1 is 1.52 bits per heavy atom. The van der Waals surface area contributed by atoms with Crippen molar-refractivity contribution in [2.45, 2.75) is 25.7 Å². The van der Waals surface area contributed by atoms with Crippen LogP contribution in [-0.4, -0.2) is 51.1 Å². The molecular formula is C16H28N4S. The largest absolute Gasteiger partial charge is 0.356 e. The molecule has 2 heterocycles. The number of rotatable bonds is 5. The second kappa shape index (κ2) is 8.39. The van der Waals surface area contributed by atoms with E-state index in [9.17, 15) is 0 Å². The normalized spacial score (nSPS) is 22.0. The quantitative estimate of drug-likeness (QED) is 0.648. The van der Waals surface area contributed by atoms with E-state index in [1.165, 1.54) is 31.5 Å². The van der Waals surface area contributed by atoms with Gasteiger partial charge in [0.25, 0.3) is 0 Å². The summed E-state index contributed by atoms with van der Waals surface area (Å²) in [5.41, 5.74) is 1.40. The Morgan fingerprint density at radius 3 is 3.05 bits per heavy atom. The van der Waals surface area contributed by atoms with Crippen molar-refractivity contribution in [1.29, 1.82) is 0 Å². The van der Waals surface area contributed by atoms with Gasteiger partial charge in [-0.25, -0.2) is 0 Å². The van der Waals surface area contributed by atoms with E-state index in [1.807, 2.05) is 7.05 Å². The Bertz CT molecular complexity index is 429. The van der Waals surface area contributed by atoms with Crippen molar-refractivity contribution in [3.05, 3.63) is 22.4 Å². The van der Waals surface area contributed by atoms with Gasteiger partial charge in [-0.2, -0.15) is 11.3 Å². The number of hydrogen-bond acceptors (Lipinski definition) is 3. The number of thiophene rings is 1. The van der Waals surface area contributed by atoms with Gasteiger partial charge in [0.1, 0.15) is 0 Å². The highest BCUT2D eigenvalue weighted by molar-refractivity contribution is 7.07. The molecule has 5 heteroatoms. The number of hydrogen-bond donors (Lipinski definition) is 2. The summed E-state index contributed by atoms with van der Waals surface area (Å²) in [5, 5.41) is 11.3. The number of guanidine groups is 1. The molecule has 0 amide bonds. The lowest BCUT2D eigenvalue weighted by Gasteiger charge is -2.30. The van der Waals surface area contributed by atoms with E-state index in [0.29, 0.717) is 5.92 Å². The third-order valence-electron chi connectivity index (χ3n) is 4.19. The summed E-state index contributed by atoms with van der Waals surface area (Å²) < 4.78 is 0. The molecular weight excluding hydrogens is 280 g/mol. The van der Waals surface area contributed by atoms with Crippen molar-refractivity contribution in [2.24, 2.45) is 10.9 Å². The van der Waals surface area contributed by atoms with Gasteiger partial charge in [0, 0.05) is 26.7 Å². The summed E-state index contributed by atoms with van der Waals surface area (Å²) in [6, 6.07) is 2.20. The Balaban J connectivity index is 1.71. The molecule has 21 heavy (non-hydrogen) atoms. The van der Waals surface area contributed by atoms with E-state index in [1.54, 1.807) is 11.3 Å². The van der Waals surface area contributed by atoms with Gasteiger partial charge in [0.05, 0.1) is 0 Å². The summed E-state index contributed by atoms with van der Waals surface area (Å²) in [6.45, 7) is 6.60. The van der Waals surface area contributed by atoms with Crippen LogP contribution >= 0.6 is 11.3 Å². The van der Waals surface area contributed by atoms with Crippen LogP contribution in [0.3, 0.4) is 0 Å². The van der Waals surface area contributed by atoms with Crippen LogP contribution in [0.15, 0.2) is 21.8 Å². The van der Waals surface area contributed by atoms with E-state index < -0.39 is 0 Å². The summed E-state index contributed by atoms with van der Waals surface area (Å²) in [7, 11) is 4.05. The highest BCUT2D eigenvalue weighted by Gasteiger charge is 2.17. The van der Waals surface area contributed by atoms with E-state index >= 15 is 0 Å². The van der Waals surface area contributed by atoms with E-state index in [0.717, 1.165) is 25.0 Å². The summed E-state index contributed by atoms with van der Waals surface area (Å²) in [6.07, 6.45) is 2.63. The van der Waals surface area contributed by atoms with Crippen LogP contribution in [0.1, 0.15) is 31.2 Å². The number of piperidine rings is 1. The molecule has 1 aliphatic heterocycles. The molecule has 0 radical (unpaired) electrons. The van der Waals surface area contributed by atoms with Crippen molar-refractivity contribution in [3.8, 4) is 0 Å². The molecule has 1 aromatic rings. The smallest absolute Gasteiger partial charge is 0.191 e. The first-order valence-corrected chi connectivity index (χ1v) is 8.78. The fourth-order valence-corrected chi connectivity index (χ4v) is 3.61. The van der Waals surface area contributed by atoms with Gasteiger partial charge in [-0.1, -0.05) is 6.92 Å². The maximum absolute atomic E-state index is 4.33. The summed E-state index contributed by atoms with van der Waals surface area (Å²) in [5.74, 6) is 2.16. The molecule has 0 aliphatic carbocycles. The predicted octanol–water partition coefficient (Wildman–Crippen LogP) is 2.36. The number of nitrogens with one attached hydrogen (secondary N) is 2. The Hall–Kier alpha value is -1.07. The van der Waals surface area contributed by atoms with Crippen molar-refractivity contribution >= 4 is 17.3 Å². The first-order valence-electron chi connectivity index (χ1n) is 7.84. The monoisotopic (exact) mass is 308 g/mol. The maximum Gasteiger partial charge on any atom is 0.191 e. The molecule has 2 atom stereocenters. The lowest BCUT2D eigenvalue weighted by atomic mass is 9.98. The molecule has 0 saturated carbocycles. The fraction of sp³-hybridized carbons (Fsp3) is 0.688. The molecule has 1 saturated heterocycles. The Kier molecular flexibility index (Phi) is 6.51. The van der Waals surface area contributed by atoms with Gasteiger partial charge in [-0.05, 0) is 60.7 Å². The van der Waals surface area contributed by atoms with Crippen molar-refractivity contribution in [2.75, 3.05) is 40.3 Å². The van der Waals surface area contributed by atoms with Crippen LogP contribution < -0.4 is 10.6 Å². The van der Waals surface area contributed by atoms with Gasteiger partial charge < -0.3 is 15.5 Å². The summed E-state index contributed by atoms with van der Waals surface area (Å²) >= 11 is 1.76. The zero-order chi connectivity index (χ0) is 15.1. The number of aliphatic imine (C=N–C) groups is 1.